The van der Waals surface area contributed by atoms with E-state index >= 15 is 0 Å². The molecule has 2 aromatic heterocycles. The summed E-state index contributed by atoms with van der Waals surface area (Å²) in [5, 5.41) is 19.1. The number of pyridine rings is 1. The summed E-state index contributed by atoms with van der Waals surface area (Å²) in [4.78, 5) is 5.15. The van der Waals surface area contributed by atoms with Gasteiger partial charge < -0.3 is 5.11 Å². The van der Waals surface area contributed by atoms with Crippen molar-refractivity contribution in [2.24, 2.45) is 0 Å². The monoisotopic (exact) mass is 241 g/mol. The summed E-state index contributed by atoms with van der Waals surface area (Å²) in [7, 11) is 0. The second kappa shape index (κ2) is 3.01. The van der Waals surface area contributed by atoms with Gasteiger partial charge in [-0.3, -0.25) is 5.10 Å². The first kappa shape index (κ1) is 9.07. The van der Waals surface area contributed by atoms with Crippen LogP contribution in [0.3, 0.4) is 0 Å². The number of nitrogens with zero attached hydrogens (tertiary/aromatic N) is 2. The molecule has 0 fully saturated rings. The van der Waals surface area contributed by atoms with E-state index in [1.165, 1.54) is 11.8 Å². The molecule has 0 saturated heterocycles. The van der Waals surface area contributed by atoms with Gasteiger partial charge in [0.2, 0.25) is 0 Å². The Labute approximate surface area is 101 Å². The van der Waals surface area contributed by atoms with Crippen LogP contribution < -0.4 is 0 Å². The van der Waals surface area contributed by atoms with E-state index in [0.717, 1.165) is 32.1 Å². The molecule has 17 heavy (non-hydrogen) atoms. The van der Waals surface area contributed by atoms with Crippen molar-refractivity contribution in [3.63, 3.8) is 0 Å². The van der Waals surface area contributed by atoms with Crippen LogP contribution >= 0.6 is 11.8 Å². The second-order valence-corrected chi connectivity index (χ2v) is 4.87. The van der Waals surface area contributed by atoms with Crippen LogP contribution in [-0.2, 0) is 0 Å². The highest BCUT2D eigenvalue weighted by molar-refractivity contribution is 7.99. The van der Waals surface area contributed by atoms with Crippen molar-refractivity contribution in [2.75, 3.05) is 0 Å². The van der Waals surface area contributed by atoms with Crippen LogP contribution in [0.5, 0.6) is 5.75 Å². The van der Waals surface area contributed by atoms with Crippen molar-refractivity contribution < 1.29 is 5.11 Å². The van der Waals surface area contributed by atoms with Gasteiger partial charge in [-0.15, -0.1) is 0 Å². The van der Waals surface area contributed by atoms with Crippen LogP contribution in [0.25, 0.3) is 22.2 Å². The summed E-state index contributed by atoms with van der Waals surface area (Å²) in [6, 6.07) is 7.42. The third kappa shape index (κ3) is 1.09. The molecule has 0 amide bonds. The molecule has 0 unspecified atom stereocenters. The average Bonchev–Trinajstić information content (AvgIpc) is 2.79. The first-order chi connectivity index (χ1) is 8.34. The van der Waals surface area contributed by atoms with Crippen molar-refractivity contribution in [2.45, 2.75) is 9.92 Å². The molecule has 3 heterocycles. The molecule has 2 N–H and O–H groups in total. The highest BCUT2D eigenvalue weighted by Gasteiger charge is 2.24. The quantitative estimate of drug-likeness (QED) is 0.497. The maximum absolute atomic E-state index is 9.92. The highest BCUT2D eigenvalue weighted by atomic mass is 32.2. The van der Waals surface area contributed by atoms with Crippen LogP contribution in [0.4, 0.5) is 0 Å². The van der Waals surface area contributed by atoms with Crippen molar-refractivity contribution in [1.82, 2.24) is 15.2 Å². The third-order valence-electron chi connectivity index (χ3n) is 2.89. The zero-order chi connectivity index (χ0) is 11.4. The van der Waals surface area contributed by atoms with Crippen LogP contribution in [0, 0.1) is 0 Å². The smallest absolute Gasteiger partial charge is 0.130 e. The Kier molecular flexibility index (Phi) is 1.61. The van der Waals surface area contributed by atoms with Crippen molar-refractivity contribution in [1.29, 1.82) is 0 Å². The number of H-pyrrole nitrogens is 1. The average molecular weight is 241 g/mol. The zero-order valence-electron chi connectivity index (χ0n) is 8.64. The molecule has 1 aliphatic heterocycles. The number of fused-ring (bicyclic) bond motifs is 2. The predicted molar refractivity (Wildman–Crippen MR) is 65.1 cm³/mol. The van der Waals surface area contributed by atoms with Gasteiger partial charge in [0.25, 0.3) is 0 Å². The number of rotatable bonds is 0. The maximum Gasteiger partial charge on any atom is 0.130 e. The van der Waals surface area contributed by atoms with Gasteiger partial charge in [-0.2, -0.15) is 5.10 Å². The zero-order valence-corrected chi connectivity index (χ0v) is 9.45. The Morgan fingerprint density at radius 3 is 3.12 bits per heavy atom. The predicted octanol–water partition coefficient (Wildman–Crippen LogP) is 2.80. The lowest BCUT2D eigenvalue weighted by Crippen LogP contribution is -1.92. The number of aromatic amines is 1. The first-order valence-electron chi connectivity index (χ1n) is 5.18. The molecular weight excluding hydrogens is 234 g/mol. The molecule has 3 aromatic rings. The number of benzene rings is 1. The molecular formula is C12H7N3OS. The fraction of sp³-hybridized carbons (Fsp3) is 0. The number of hydrogen-bond acceptors (Lipinski definition) is 4. The van der Waals surface area contributed by atoms with Gasteiger partial charge >= 0.3 is 0 Å². The molecule has 4 nitrogen and oxygen atoms in total. The van der Waals surface area contributed by atoms with E-state index in [1.54, 1.807) is 12.3 Å². The molecule has 4 rings (SSSR count). The van der Waals surface area contributed by atoms with E-state index in [4.69, 9.17) is 0 Å². The topological polar surface area (TPSA) is 61.8 Å². The van der Waals surface area contributed by atoms with E-state index in [9.17, 15) is 5.11 Å². The lowest BCUT2D eigenvalue weighted by Gasteiger charge is -2.14. The molecule has 0 bridgehead atoms. The Bertz CT molecular complexity index is 751. The number of hydrogen-bond donors (Lipinski definition) is 2. The van der Waals surface area contributed by atoms with E-state index in [-0.39, 0.29) is 5.75 Å². The van der Waals surface area contributed by atoms with Gasteiger partial charge in [-0.05, 0) is 24.3 Å². The van der Waals surface area contributed by atoms with E-state index in [0.29, 0.717) is 0 Å². The standard InChI is InChI=1S/C12H7N3OS/c16-8-4-3-7-9-10(15-14-7)6-2-1-5-13-12(6)17-11(8)9/h1-5,16H,(H,14,15). The SMILES string of the molecule is Oc1ccc2[nH]nc3c2c1Sc1ncccc1-3. The summed E-state index contributed by atoms with van der Waals surface area (Å²) < 4.78 is 0. The Hall–Kier alpha value is -2.01. The van der Waals surface area contributed by atoms with Crippen LogP contribution in [0.15, 0.2) is 40.4 Å². The maximum atomic E-state index is 9.92. The summed E-state index contributed by atoms with van der Waals surface area (Å²) in [6.45, 7) is 0. The number of phenols is 1. The van der Waals surface area contributed by atoms with E-state index in [2.05, 4.69) is 15.2 Å². The molecule has 1 aliphatic rings. The normalized spacial score (nSPS) is 12.7. The number of aromatic hydroxyl groups is 1. The minimum absolute atomic E-state index is 0.279. The first-order valence-corrected chi connectivity index (χ1v) is 5.99. The Morgan fingerprint density at radius 2 is 2.18 bits per heavy atom. The largest absolute Gasteiger partial charge is 0.507 e. The van der Waals surface area contributed by atoms with Gasteiger partial charge in [0, 0.05) is 17.1 Å². The molecule has 0 saturated carbocycles. The molecule has 5 heteroatoms. The molecule has 0 aliphatic carbocycles. The third-order valence-corrected chi connectivity index (χ3v) is 4.02. The van der Waals surface area contributed by atoms with Crippen molar-refractivity contribution in [3.8, 4) is 17.0 Å². The van der Waals surface area contributed by atoms with Crippen molar-refractivity contribution in [3.05, 3.63) is 30.5 Å². The van der Waals surface area contributed by atoms with Gasteiger partial charge in [0.05, 0.1) is 10.4 Å². The van der Waals surface area contributed by atoms with Crippen LogP contribution in [0.2, 0.25) is 0 Å². The molecule has 82 valence electrons. The van der Waals surface area contributed by atoms with Crippen molar-refractivity contribution >= 4 is 22.7 Å². The van der Waals surface area contributed by atoms with Gasteiger partial charge in [-0.1, -0.05) is 11.8 Å². The number of phenolic OH excluding ortho intramolecular Hbond substituents is 1. The van der Waals surface area contributed by atoms with E-state index < -0.39 is 0 Å². The summed E-state index contributed by atoms with van der Waals surface area (Å²) in [5.41, 5.74) is 2.82. The van der Waals surface area contributed by atoms with Gasteiger partial charge in [0.15, 0.2) is 0 Å². The lowest BCUT2D eigenvalue weighted by atomic mass is 10.1. The molecule has 0 atom stereocenters. The summed E-state index contributed by atoms with van der Waals surface area (Å²) in [5.74, 6) is 0.279. The highest BCUT2D eigenvalue weighted by Crippen LogP contribution is 2.49. The van der Waals surface area contributed by atoms with Gasteiger partial charge in [-0.25, -0.2) is 4.98 Å². The fourth-order valence-corrected chi connectivity index (χ4v) is 3.18. The fourth-order valence-electron chi connectivity index (χ4n) is 2.12. The van der Waals surface area contributed by atoms with E-state index in [1.807, 2.05) is 18.2 Å². The summed E-state index contributed by atoms with van der Waals surface area (Å²) in [6.07, 6.45) is 1.75. The molecule has 1 aromatic carbocycles. The van der Waals surface area contributed by atoms with Crippen LogP contribution in [-0.4, -0.2) is 20.3 Å². The Balaban J connectivity index is 2.21. The minimum atomic E-state index is 0.279. The lowest BCUT2D eigenvalue weighted by molar-refractivity contribution is 0.464. The summed E-state index contributed by atoms with van der Waals surface area (Å²) >= 11 is 1.49. The molecule has 0 radical (unpaired) electrons. The minimum Gasteiger partial charge on any atom is -0.507 e. The number of nitrogens with one attached hydrogen (secondary N) is 1. The number of aromatic nitrogens is 3. The Morgan fingerprint density at radius 1 is 1.24 bits per heavy atom. The molecule has 0 spiro atoms. The van der Waals surface area contributed by atoms with Gasteiger partial charge in [0.1, 0.15) is 16.5 Å². The second-order valence-electron chi connectivity index (χ2n) is 3.87. The van der Waals surface area contributed by atoms with Crippen LogP contribution in [0.1, 0.15) is 0 Å².